The number of amides is 1. The topological polar surface area (TPSA) is 79.2 Å². The van der Waals surface area contributed by atoms with Gasteiger partial charge >= 0.3 is 0 Å². The molecule has 10 heteroatoms. The van der Waals surface area contributed by atoms with Crippen molar-refractivity contribution in [2.45, 2.75) is 6.42 Å². The molecule has 1 amide bonds. The molecule has 1 aliphatic rings. The molecule has 8 nitrogen and oxygen atoms in total. The van der Waals surface area contributed by atoms with E-state index in [4.69, 9.17) is 23.2 Å². The fourth-order valence-electron chi connectivity index (χ4n) is 3.46. The molecule has 0 bridgehead atoms. The Morgan fingerprint density at radius 2 is 1.86 bits per heavy atom. The molecular weight excluding hydrogens is 413 g/mol. The summed E-state index contributed by atoms with van der Waals surface area (Å²) >= 11 is 12.2. The minimum atomic E-state index is -0.102. The highest BCUT2D eigenvalue weighted by atomic mass is 35.5. The lowest BCUT2D eigenvalue weighted by molar-refractivity contribution is -0.116. The van der Waals surface area contributed by atoms with Crippen LogP contribution in [0.25, 0.3) is 11.0 Å². The number of rotatable bonds is 5. The molecule has 3 heterocycles. The van der Waals surface area contributed by atoms with Crippen LogP contribution in [0.5, 0.6) is 0 Å². The number of carbonyl (C=O) groups excluding carboxylic acids is 1. The maximum atomic E-state index is 12.3. The minimum absolute atomic E-state index is 0.102. The highest BCUT2D eigenvalue weighted by Crippen LogP contribution is 2.30. The van der Waals surface area contributed by atoms with Crippen LogP contribution in [0.1, 0.15) is 6.42 Å². The lowest BCUT2D eigenvalue weighted by Gasteiger charge is -2.35. The molecule has 3 aromatic rings. The van der Waals surface area contributed by atoms with E-state index in [2.05, 4.69) is 30.2 Å². The molecule has 0 unspecified atom stereocenters. The first-order chi connectivity index (χ1) is 14.0. The zero-order valence-corrected chi connectivity index (χ0v) is 17.5. The number of halogens is 2. The van der Waals surface area contributed by atoms with Gasteiger partial charge in [-0.15, -0.1) is 0 Å². The lowest BCUT2D eigenvalue weighted by Crippen LogP contribution is -2.47. The van der Waals surface area contributed by atoms with Crippen LogP contribution in [-0.2, 0) is 11.8 Å². The fourth-order valence-corrected chi connectivity index (χ4v) is 3.96. The van der Waals surface area contributed by atoms with Gasteiger partial charge in [0.15, 0.2) is 5.65 Å². The van der Waals surface area contributed by atoms with Crippen LogP contribution in [-0.4, -0.2) is 63.3 Å². The van der Waals surface area contributed by atoms with Crippen LogP contribution >= 0.6 is 23.2 Å². The summed E-state index contributed by atoms with van der Waals surface area (Å²) in [4.78, 5) is 25.6. The smallest absolute Gasteiger partial charge is 0.225 e. The van der Waals surface area contributed by atoms with Crippen molar-refractivity contribution in [3.8, 4) is 0 Å². The van der Waals surface area contributed by atoms with Gasteiger partial charge in [0.1, 0.15) is 12.1 Å². The summed E-state index contributed by atoms with van der Waals surface area (Å²) in [6.07, 6.45) is 3.76. The lowest BCUT2D eigenvalue weighted by atomic mass is 10.2. The predicted octanol–water partition coefficient (Wildman–Crippen LogP) is 2.82. The van der Waals surface area contributed by atoms with Crippen molar-refractivity contribution < 1.29 is 4.79 Å². The van der Waals surface area contributed by atoms with Crippen molar-refractivity contribution in [2.75, 3.05) is 42.9 Å². The van der Waals surface area contributed by atoms with E-state index in [9.17, 15) is 4.79 Å². The van der Waals surface area contributed by atoms with Gasteiger partial charge in [-0.3, -0.25) is 14.4 Å². The van der Waals surface area contributed by atoms with Crippen molar-refractivity contribution in [2.24, 2.45) is 7.05 Å². The molecule has 1 fully saturated rings. The van der Waals surface area contributed by atoms with Crippen LogP contribution in [0.2, 0.25) is 10.0 Å². The van der Waals surface area contributed by atoms with Crippen LogP contribution < -0.4 is 10.2 Å². The van der Waals surface area contributed by atoms with E-state index in [-0.39, 0.29) is 5.91 Å². The zero-order chi connectivity index (χ0) is 20.4. The Balaban J connectivity index is 1.30. The predicted molar refractivity (Wildman–Crippen MR) is 115 cm³/mol. The van der Waals surface area contributed by atoms with E-state index < -0.39 is 0 Å². The van der Waals surface area contributed by atoms with E-state index in [1.165, 1.54) is 0 Å². The van der Waals surface area contributed by atoms with Crippen LogP contribution in [0.3, 0.4) is 0 Å². The van der Waals surface area contributed by atoms with Gasteiger partial charge in [-0.2, -0.15) is 5.10 Å². The van der Waals surface area contributed by atoms with Crippen molar-refractivity contribution in [1.82, 2.24) is 24.6 Å². The number of hydrogen-bond acceptors (Lipinski definition) is 6. The molecule has 0 aliphatic carbocycles. The van der Waals surface area contributed by atoms with Gasteiger partial charge in [-0.25, -0.2) is 9.97 Å². The molecule has 4 rings (SSSR count). The number of hydrogen-bond donors (Lipinski definition) is 1. The Kier molecular flexibility index (Phi) is 5.84. The zero-order valence-electron chi connectivity index (χ0n) is 16.0. The number of benzene rings is 1. The Labute approximate surface area is 178 Å². The molecular formula is C19H21Cl2N7O. The number of nitrogens with one attached hydrogen (secondary N) is 1. The molecule has 1 aromatic carbocycles. The molecule has 2 aromatic heterocycles. The van der Waals surface area contributed by atoms with Crippen molar-refractivity contribution in [3.63, 3.8) is 0 Å². The highest BCUT2D eigenvalue weighted by molar-refractivity contribution is 6.39. The second-order valence-corrected chi connectivity index (χ2v) is 7.74. The molecule has 0 radical (unpaired) electrons. The Morgan fingerprint density at radius 1 is 1.14 bits per heavy atom. The van der Waals surface area contributed by atoms with E-state index in [1.807, 2.05) is 7.05 Å². The van der Waals surface area contributed by atoms with E-state index >= 15 is 0 Å². The van der Waals surface area contributed by atoms with Crippen LogP contribution in [0, 0.1) is 0 Å². The Morgan fingerprint density at radius 3 is 2.59 bits per heavy atom. The van der Waals surface area contributed by atoms with Gasteiger partial charge in [-0.1, -0.05) is 29.3 Å². The van der Waals surface area contributed by atoms with Gasteiger partial charge in [-0.05, 0) is 12.1 Å². The van der Waals surface area contributed by atoms with Gasteiger partial charge in [0.2, 0.25) is 5.91 Å². The summed E-state index contributed by atoms with van der Waals surface area (Å²) in [5.74, 6) is 0.809. The summed E-state index contributed by atoms with van der Waals surface area (Å²) in [5, 5.41) is 8.91. The van der Waals surface area contributed by atoms with Gasteiger partial charge in [0.25, 0.3) is 0 Å². The first kappa shape index (κ1) is 19.9. The quantitative estimate of drug-likeness (QED) is 0.666. The third-order valence-electron chi connectivity index (χ3n) is 5.06. The fraction of sp³-hybridized carbons (Fsp3) is 0.368. The summed E-state index contributed by atoms with van der Waals surface area (Å²) < 4.78 is 1.75. The standard InChI is InChI=1S/C19H21Cl2N7O/c1-26-18-13(11-24-26)19(23-12-22-18)28-9-7-27(8-10-28)6-5-16(29)25-17-14(20)3-2-4-15(17)21/h2-4,11-12H,5-10H2,1H3,(H,25,29). The molecule has 0 saturated carbocycles. The highest BCUT2D eigenvalue weighted by Gasteiger charge is 2.21. The normalized spacial score (nSPS) is 15.1. The number of carbonyl (C=O) groups is 1. The monoisotopic (exact) mass is 433 g/mol. The summed E-state index contributed by atoms with van der Waals surface area (Å²) in [7, 11) is 1.87. The van der Waals surface area contributed by atoms with Crippen molar-refractivity contribution in [3.05, 3.63) is 40.8 Å². The molecule has 0 atom stereocenters. The average molecular weight is 434 g/mol. The SMILES string of the molecule is Cn1ncc2c(N3CCN(CCC(=O)Nc4c(Cl)cccc4Cl)CC3)ncnc21. The minimum Gasteiger partial charge on any atom is -0.353 e. The Bertz CT molecular complexity index is 1010. The molecule has 29 heavy (non-hydrogen) atoms. The van der Waals surface area contributed by atoms with Crippen molar-refractivity contribution >= 4 is 51.6 Å². The largest absolute Gasteiger partial charge is 0.353 e. The van der Waals surface area contributed by atoms with Gasteiger partial charge in [0, 0.05) is 46.2 Å². The molecule has 152 valence electrons. The molecule has 1 saturated heterocycles. The third-order valence-corrected chi connectivity index (χ3v) is 5.69. The molecule has 0 spiro atoms. The molecule has 1 N–H and O–H groups in total. The van der Waals surface area contributed by atoms with Gasteiger partial charge in [0.05, 0.1) is 27.3 Å². The molecule has 1 aliphatic heterocycles. The maximum absolute atomic E-state index is 12.3. The number of piperazine rings is 1. The number of fused-ring (bicyclic) bond motifs is 1. The van der Waals surface area contributed by atoms with E-state index in [0.29, 0.717) is 28.7 Å². The van der Waals surface area contributed by atoms with Gasteiger partial charge < -0.3 is 10.2 Å². The maximum Gasteiger partial charge on any atom is 0.225 e. The van der Waals surface area contributed by atoms with Crippen LogP contribution in [0.4, 0.5) is 11.5 Å². The average Bonchev–Trinajstić information content (AvgIpc) is 3.11. The Hall–Kier alpha value is -2.42. The number of aromatic nitrogens is 4. The number of aryl methyl sites for hydroxylation is 1. The first-order valence-corrected chi connectivity index (χ1v) is 10.1. The summed E-state index contributed by atoms with van der Waals surface area (Å²) in [6.45, 7) is 4.05. The van der Waals surface area contributed by atoms with E-state index in [0.717, 1.165) is 43.0 Å². The number of nitrogens with zero attached hydrogens (tertiary/aromatic N) is 6. The third kappa shape index (κ3) is 4.29. The van der Waals surface area contributed by atoms with Crippen LogP contribution in [0.15, 0.2) is 30.7 Å². The summed E-state index contributed by atoms with van der Waals surface area (Å²) in [5.41, 5.74) is 1.29. The number of para-hydroxylation sites is 1. The number of anilines is 2. The second kappa shape index (κ2) is 8.52. The van der Waals surface area contributed by atoms with E-state index in [1.54, 1.807) is 35.4 Å². The first-order valence-electron chi connectivity index (χ1n) is 9.37. The second-order valence-electron chi connectivity index (χ2n) is 6.93. The summed E-state index contributed by atoms with van der Waals surface area (Å²) in [6, 6.07) is 5.15. The van der Waals surface area contributed by atoms with Crippen molar-refractivity contribution in [1.29, 1.82) is 0 Å².